The van der Waals surface area contributed by atoms with Crippen molar-refractivity contribution in [1.82, 2.24) is 20.3 Å². The van der Waals surface area contributed by atoms with Crippen LogP contribution in [0.5, 0.6) is 5.88 Å². The van der Waals surface area contributed by atoms with Gasteiger partial charge in [0.15, 0.2) is 0 Å². The zero-order valence-corrected chi connectivity index (χ0v) is 14.3. The van der Waals surface area contributed by atoms with Crippen LogP contribution in [0.4, 0.5) is 0 Å². The molecular formula is C17H20N4O5. The van der Waals surface area contributed by atoms with Crippen LogP contribution in [-0.2, 0) is 16.0 Å². The second-order valence-electron chi connectivity index (χ2n) is 6.05. The van der Waals surface area contributed by atoms with Gasteiger partial charge in [-0.3, -0.25) is 14.6 Å². The molecule has 9 nitrogen and oxygen atoms in total. The average molecular weight is 360 g/mol. The molecule has 2 aromatic rings. The highest BCUT2D eigenvalue weighted by molar-refractivity contribution is 5.79. The summed E-state index contributed by atoms with van der Waals surface area (Å²) < 4.78 is 11.3. The third-order valence-corrected chi connectivity index (χ3v) is 4.14. The maximum Gasteiger partial charge on any atom is 0.325 e. The minimum atomic E-state index is -0.596. The predicted octanol–water partition coefficient (Wildman–Crippen LogP) is -0.338. The Kier molecular flexibility index (Phi) is 5.47. The van der Waals surface area contributed by atoms with E-state index < -0.39 is 11.2 Å². The van der Waals surface area contributed by atoms with Crippen LogP contribution in [0, 0.1) is 6.92 Å². The predicted molar refractivity (Wildman–Crippen MR) is 92.1 cm³/mol. The molecule has 138 valence electrons. The summed E-state index contributed by atoms with van der Waals surface area (Å²) >= 11 is 0. The van der Waals surface area contributed by atoms with Gasteiger partial charge in [0.2, 0.25) is 11.8 Å². The van der Waals surface area contributed by atoms with Crippen LogP contribution in [0.25, 0.3) is 0 Å². The maximum atomic E-state index is 12.4. The number of H-pyrrole nitrogens is 2. The van der Waals surface area contributed by atoms with Crippen LogP contribution < -0.4 is 21.3 Å². The van der Waals surface area contributed by atoms with E-state index in [-0.39, 0.29) is 30.0 Å². The first-order chi connectivity index (χ1) is 12.5. The summed E-state index contributed by atoms with van der Waals surface area (Å²) in [6.07, 6.45) is 1.82. The molecule has 1 aliphatic rings. The number of amides is 1. The van der Waals surface area contributed by atoms with Gasteiger partial charge in [0, 0.05) is 29.9 Å². The number of nitrogens with one attached hydrogen (secondary N) is 3. The highest BCUT2D eigenvalue weighted by Crippen LogP contribution is 2.16. The number of pyridine rings is 1. The monoisotopic (exact) mass is 360 g/mol. The molecule has 0 radical (unpaired) electrons. The van der Waals surface area contributed by atoms with Gasteiger partial charge in [-0.1, -0.05) is 6.07 Å². The van der Waals surface area contributed by atoms with Crippen LogP contribution in [0.15, 0.2) is 34.0 Å². The Hall–Kier alpha value is -2.94. The van der Waals surface area contributed by atoms with E-state index in [2.05, 4.69) is 20.3 Å². The molecule has 1 amide bonds. The van der Waals surface area contributed by atoms with Crippen LogP contribution >= 0.6 is 0 Å². The standard InChI is InChI=1S/C17H20N4O5/c1-10-11(16(23)21-17(24)19-10)8-14(22)20-12-9-25-7-5-13(12)26-15-4-2-3-6-18-15/h2-4,6,12-13H,5,7-9H2,1H3,(H,20,22)(H2,19,21,23,24)/t12-,13-/m1/s1. The van der Waals surface area contributed by atoms with E-state index in [0.29, 0.717) is 31.2 Å². The summed E-state index contributed by atoms with van der Waals surface area (Å²) in [5.74, 6) is 0.127. The maximum absolute atomic E-state index is 12.4. The van der Waals surface area contributed by atoms with Crippen LogP contribution in [-0.4, -0.2) is 46.2 Å². The minimum Gasteiger partial charge on any atom is -0.472 e. The number of nitrogens with zero attached hydrogens (tertiary/aromatic N) is 1. The third kappa shape index (κ3) is 4.37. The summed E-state index contributed by atoms with van der Waals surface area (Å²) in [6.45, 7) is 2.42. The van der Waals surface area contributed by atoms with E-state index in [9.17, 15) is 14.4 Å². The lowest BCUT2D eigenvalue weighted by atomic mass is 10.1. The average Bonchev–Trinajstić information content (AvgIpc) is 2.61. The second-order valence-corrected chi connectivity index (χ2v) is 6.05. The lowest BCUT2D eigenvalue weighted by Crippen LogP contribution is -2.52. The smallest absolute Gasteiger partial charge is 0.325 e. The van der Waals surface area contributed by atoms with Crippen molar-refractivity contribution in [2.45, 2.75) is 31.9 Å². The molecule has 9 heteroatoms. The van der Waals surface area contributed by atoms with Crippen LogP contribution in [0.3, 0.4) is 0 Å². The van der Waals surface area contributed by atoms with Gasteiger partial charge in [-0.15, -0.1) is 0 Å². The molecule has 2 atom stereocenters. The largest absolute Gasteiger partial charge is 0.472 e. The Bertz CT molecular complexity index is 877. The van der Waals surface area contributed by atoms with Crippen LogP contribution in [0.1, 0.15) is 17.7 Å². The number of carbonyl (C=O) groups excluding carboxylic acids is 1. The fraction of sp³-hybridized carbons (Fsp3) is 0.412. The number of carbonyl (C=O) groups is 1. The van der Waals surface area contributed by atoms with Crippen molar-refractivity contribution in [3.63, 3.8) is 0 Å². The quantitative estimate of drug-likeness (QED) is 0.670. The fourth-order valence-electron chi connectivity index (χ4n) is 2.82. The molecule has 3 heterocycles. The van der Waals surface area contributed by atoms with E-state index in [1.54, 1.807) is 25.3 Å². The van der Waals surface area contributed by atoms with Gasteiger partial charge in [-0.25, -0.2) is 9.78 Å². The summed E-state index contributed by atoms with van der Waals surface area (Å²) in [4.78, 5) is 44.2. The molecule has 1 aliphatic heterocycles. The molecule has 0 unspecified atom stereocenters. The molecule has 0 aromatic carbocycles. The van der Waals surface area contributed by atoms with Gasteiger partial charge < -0.3 is 19.8 Å². The van der Waals surface area contributed by atoms with Crippen molar-refractivity contribution in [2.24, 2.45) is 0 Å². The second kappa shape index (κ2) is 7.96. The number of aryl methyl sites for hydroxylation is 1. The molecule has 1 fully saturated rings. The zero-order chi connectivity index (χ0) is 18.5. The van der Waals surface area contributed by atoms with E-state index >= 15 is 0 Å². The third-order valence-electron chi connectivity index (χ3n) is 4.14. The molecule has 1 saturated heterocycles. The topological polar surface area (TPSA) is 126 Å². The van der Waals surface area contributed by atoms with E-state index in [0.717, 1.165) is 0 Å². The van der Waals surface area contributed by atoms with E-state index in [1.165, 1.54) is 0 Å². The molecule has 0 spiro atoms. The number of rotatable bonds is 5. The van der Waals surface area contributed by atoms with Gasteiger partial charge in [-0.2, -0.15) is 0 Å². The summed E-state index contributed by atoms with van der Waals surface area (Å²) in [6, 6.07) is 5.00. The Labute approximate surface area is 148 Å². The molecule has 0 bridgehead atoms. The number of hydrogen-bond donors (Lipinski definition) is 3. The molecule has 26 heavy (non-hydrogen) atoms. The lowest BCUT2D eigenvalue weighted by Gasteiger charge is -2.32. The first-order valence-corrected chi connectivity index (χ1v) is 8.30. The Morgan fingerprint density at radius 1 is 1.38 bits per heavy atom. The molecule has 0 saturated carbocycles. The number of ether oxygens (including phenoxy) is 2. The zero-order valence-electron chi connectivity index (χ0n) is 14.3. The number of aromatic nitrogens is 3. The van der Waals surface area contributed by atoms with Crippen molar-refractivity contribution in [3.05, 3.63) is 56.5 Å². The van der Waals surface area contributed by atoms with Crippen molar-refractivity contribution >= 4 is 5.91 Å². The first kappa shape index (κ1) is 17.9. The number of aromatic amines is 2. The van der Waals surface area contributed by atoms with Crippen molar-refractivity contribution in [3.8, 4) is 5.88 Å². The summed E-state index contributed by atoms with van der Waals surface area (Å²) in [5, 5.41) is 2.85. The molecule has 3 rings (SSSR count). The Morgan fingerprint density at radius 3 is 2.96 bits per heavy atom. The summed E-state index contributed by atoms with van der Waals surface area (Å²) in [5.41, 5.74) is -0.570. The number of hydrogen-bond acceptors (Lipinski definition) is 6. The molecular weight excluding hydrogens is 340 g/mol. The Balaban J connectivity index is 1.67. The SMILES string of the molecule is Cc1[nH]c(=O)[nH]c(=O)c1CC(=O)N[C@@H]1COCC[C@H]1Oc1ccccn1. The van der Waals surface area contributed by atoms with Gasteiger partial charge in [-0.05, 0) is 13.0 Å². The fourth-order valence-corrected chi connectivity index (χ4v) is 2.82. The first-order valence-electron chi connectivity index (χ1n) is 8.30. The molecule has 2 aromatic heterocycles. The minimum absolute atomic E-state index is 0.148. The highest BCUT2D eigenvalue weighted by atomic mass is 16.5. The Morgan fingerprint density at radius 2 is 2.23 bits per heavy atom. The highest BCUT2D eigenvalue weighted by Gasteiger charge is 2.29. The van der Waals surface area contributed by atoms with Gasteiger partial charge >= 0.3 is 5.69 Å². The van der Waals surface area contributed by atoms with Gasteiger partial charge in [0.05, 0.1) is 25.7 Å². The van der Waals surface area contributed by atoms with E-state index in [4.69, 9.17) is 9.47 Å². The van der Waals surface area contributed by atoms with Gasteiger partial charge in [0.25, 0.3) is 5.56 Å². The van der Waals surface area contributed by atoms with Crippen molar-refractivity contribution < 1.29 is 14.3 Å². The lowest BCUT2D eigenvalue weighted by molar-refractivity contribution is -0.123. The van der Waals surface area contributed by atoms with E-state index in [1.807, 2.05) is 6.07 Å². The normalized spacial score (nSPS) is 19.7. The summed E-state index contributed by atoms with van der Waals surface area (Å²) in [7, 11) is 0. The van der Waals surface area contributed by atoms with Crippen molar-refractivity contribution in [1.29, 1.82) is 0 Å². The molecule has 0 aliphatic carbocycles. The molecule has 3 N–H and O–H groups in total. The van der Waals surface area contributed by atoms with Crippen molar-refractivity contribution in [2.75, 3.05) is 13.2 Å². The van der Waals surface area contributed by atoms with Crippen LogP contribution in [0.2, 0.25) is 0 Å². The van der Waals surface area contributed by atoms with Gasteiger partial charge in [0.1, 0.15) is 6.10 Å².